The Bertz CT molecular complexity index is 698. The van der Waals surface area contributed by atoms with Gasteiger partial charge < -0.3 is 16.8 Å². The monoisotopic (exact) mass is 358 g/mol. The molecule has 5 nitrogen and oxygen atoms in total. The van der Waals surface area contributed by atoms with Crippen LogP contribution in [0, 0.1) is 28.6 Å². The summed E-state index contributed by atoms with van der Waals surface area (Å²) in [6, 6.07) is 0. The first-order valence-corrected chi connectivity index (χ1v) is 10.3. The molecule has 0 aromatic carbocycles. The lowest BCUT2D eigenvalue weighted by molar-refractivity contribution is -0.0945. The van der Waals surface area contributed by atoms with Crippen LogP contribution < -0.4 is 11.7 Å². The number of aliphatic hydroxyl groups is 1. The first-order chi connectivity index (χ1) is 12.3. The summed E-state index contributed by atoms with van der Waals surface area (Å²) in [6.07, 6.45) is 10.9. The molecule has 0 spiro atoms. The molecule has 4 rings (SSSR count). The SMILES string of the molecule is C/C(=N/N)[C@@]1(O)CC[C@H]2[C@H]3CCC4=C/C(=N/N)CC[C@@]4(C)[C@@H]3CC[C@@]21C. The van der Waals surface area contributed by atoms with Crippen molar-refractivity contribution < 1.29 is 5.11 Å². The van der Waals surface area contributed by atoms with E-state index in [0.29, 0.717) is 23.5 Å². The number of nitrogens with two attached hydrogens (primary N) is 2. The van der Waals surface area contributed by atoms with Gasteiger partial charge >= 0.3 is 0 Å². The number of hydrogen-bond donors (Lipinski definition) is 3. The third-order valence-corrected chi connectivity index (χ3v) is 9.09. The molecular formula is C21H34N4O. The zero-order valence-corrected chi connectivity index (χ0v) is 16.5. The second-order valence-electron chi connectivity index (χ2n) is 9.69. The number of nitrogens with zero attached hydrogens (tertiary/aromatic N) is 2. The molecule has 0 aromatic heterocycles. The van der Waals surface area contributed by atoms with Gasteiger partial charge in [-0.1, -0.05) is 19.4 Å². The minimum absolute atomic E-state index is 0.1000. The normalized spacial score (nSPS) is 50.0. The molecule has 4 aliphatic carbocycles. The molecule has 0 amide bonds. The van der Waals surface area contributed by atoms with Crippen LogP contribution in [0.3, 0.4) is 0 Å². The third-order valence-electron chi connectivity index (χ3n) is 9.09. The van der Waals surface area contributed by atoms with Crippen LogP contribution >= 0.6 is 0 Å². The fourth-order valence-corrected chi connectivity index (χ4v) is 7.39. The molecule has 5 heteroatoms. The maximum Gasteiger partial charge on any atom is 0.110 e. The first kappa shape index (κ1) is 18.0. The van der Waals surface area contributed by atoms with Crippen molar-refractivity contribution in [2.45, 2.75) is 77.7 Å². The molecule has 26 heavy (non-hydrogen) atoms. The van der Waals surface area contributed by atoms with Gasteiger partial charge in [-0.2, -0.15) is 10.2 Å². The van der Waals surface area contributed by atoms with Gasteiger partial charge in [0.1, 0.15) is 5.60 Å². The molecule has 6 atom stereocenters. The topological polar surface area (TPSA) is 97.0 Å². The van der Waals surface area contributed by atoms with Gasteiger partial charge in [-0.25, -0.2) is 0 Å². The Morgan fingerprint density at radius 2 is 1.81 bits per heavy atom. The van der Waals surface area contributed by atoms with Gasteiger partial charge in [-0.3, -0.25) is 0 Å². The summed E-state index contributed by atoms with van der Waals surface area (Å²) in [4.78, 5) is 0. The van der Waals surface area contributed by atoms with Gasteiger partial charge in [0.2, 0.25) is 0 Å². The van der Waals surface area contributed by atoms with Gasteiger partial charge in [0.05, 0.1) is 11.4 Å². The van der Waals surface area contributed by atoms with E-state index in [1.807, 2.05) is 6.92 Å². The summed E-state index contributed by atoms with van der Waals surface area (Å²) in [5, 5.41) is 19.4. The largest absolute Gasteiger partial charge is 0.383 e. The van der Waals surface area contributed by atoms with Crippen molar-refractivity contribution in [1.29, 1.82) is 0 Å². The lowest BCUT2D eigenvalue weighted by atomic mass is 9.46. The Hall–Kier alpha value is -1.36. The molecule has 4 aliphatic rings. The average Bonchev–Trinajstić information content (AvgIpc) is 2.92. The second-order valence-corrected chi connectivity index (χ2v) is 9.69. The Morgan fingerprint density at radius 1 is 1.08 bits per heavy atom. The lowest BCUT2D eigenvalue weighted by Gasteiger charge is -2.59. The van der Waals surface area contributed by atoms with Crippen molar-refractivity contribution in [2.75, 3.05) is 0 Å². The Morgan fingerprint density at radius 3 is 2.50 bits per heavy atom. The molecule has 5 N–H and O–H groups in total. The zero-order valence-electron chi connectivity index (χ0n) is 16.5. The quantitative estimate of drug-likeness (QED) is 0.381. The number of hydrogen-bond acceptors (Lipinski definition) is 5. The van der Waals surface area contributed by atoms with Crippen LogP contribution in [0.15, 0.2) is 21.9 Å². The molecule has 3 fully saturated rings. The second kappa shape index (κ2) is 5.82. The predicted octanol–water partition coefficient (Wildman–Crippen LogP) is 3.33. The van der Waals surface area contributed by atoms with Crippen LogP contribution in [0.4, 0.5) is 0 Å². The van der Waals surface area contributed by atoms with Crippen LogP contribution in [-0.2, 0) is 0 Å². The lowest BCUT2D eigenvalue weighted by Crippen LogP contribution is -2.57. The molecule has 0 heterocycles. The van der Waals surface area contributed by atoms with E-state index in [1.54, 1.807) is 5.57 Å². The zero-order chi connectivity index (χ0) is 18.7. The van der Waals surface area contributed by atoms with Gasteiger partial charge in [-0.05, 0) is 87.5 Å². The molecule has 3 saturated carbocycles. The summed E-state index contributed by atoms with van der Waals surface area (Å²) in [6.45, 7) is 6.67. The van der Waals surface area contributed by atoms with Crippen LogP contribution in [-0.4, -0.2) is 22.1 Å². The van der Waals surface area contributed by atoms with E-state index in [2.05, 4.69) is 30.1 Å². The van der Waals surface area contributed by atoms with Crippen LogP contribution in [0.5, 0.6) is 0 Å². The highest BCUT2D eigenvalue weighted by molar-refractivity contribution is 5.96. The maximum absolute atomic E-state index is 11.5. The Labute approximate surface area is 157 Å². The fourth-order valence-electron chi connectivity index (χ4n) is 7.39. The van der Waals surface area contributed by atoms with Crippen molar-refractivity contribution in [3.63, 3.8) is 0 Å². The molecule has 0 aromatic rings. The standard InChI is InChI=1S/C21H34N4O/c1-13(24-22)21(26)11-8-18-16-5-4-14-12-15(25-23)6-9-19(14,2)17(16)7-10-20(18,21)3/h12,16-18,26H,4-11,22-23H2,1-3H3/b24-13-,25-15+/t16-,17+,18-,19+,20-,21-/m0/s1. The van der Waals surface area contributed by atoms with E-state index in [9.17, 15) is 5.11 Å². The van der Waals surface area contributed by atoms with Crippen molar-refractivity contribution >= 4 is 11.4 Å². The molecule has 0 unspecified atom stereocenters. The number of rotatable bonds is 1. The molecule has 0 saturated heterocycles. The smallest absolute Gasteiger partial charge is 0.110 e. The van der Waals surface area contributed by atoms with Crippen molar-refractivity contribution in [3.05, 3.63) is 11.6 Å². The van der Waals surface area contributed by atoms with Crippen molar-refractivity contribution in [2.24, 2.45) is 50.5 Å². The molecule has 0 aliphatic heterocycles. The minimum atomic E-state index is -0.833. The van der Waals surface area contributed by atoms with Crippen LogP contribution in [0.1, 0.15) is 72.1 Å². The highest BCUT2D eigenvalue weighted by Crippen LogP contribution is 2.67. The average molecular weight is 359 g/mol. The summed E-state index contributed by atoms with van der Waals surface area (Å²) < 4.78 is 0. The molecule has 144 valence electrons. The highest BCUT2D eigenvalue weighted by Gasteiger charge is 2.64. The summed E-state index contributed by atoms with van der Waals surface area (Å²) in [5.41, 5.74) is 2.67. The van der Waals surface area contributed by atoms with Gasteiger partial charge in [0, 0.05) is 5.41 Å². The van der Waals surface area contributed by atoms with E-state index in [4.69, 9.17) is 11.7 Å². The fraction of sp³-hybridized carbons (Fsp3) is 0.810. The van der Waals surface area contributed by atoms with E-state index in [1.165, 1.54) is 12.8 Å². The summed E-state index contributed by atoms with van der Waals surface area (Å²) in [5.74, 6) is 13.1. The van der Waals surface area contributed by atoms with Gasteiger partial charge in [0.15, 0.2) is 0 Å². The van der Waals surface area contributed by atoms with Crippen molar-refractivity contribution in [3.8, 4) is 0 Å². The molecule has 0 radical (unpaired) electrons. The van der Waals surface area contributed by atoms with E-state index in [0.717, 1.165) is 44.2 Å². The maximum atomic E-state index is 11.5. The summed E-state index contributed by atoms with van der Waals surface area (Å²) >= 11 is 0. The van der Waals surface area contributed by atoms with Crippen LogP contribution in [0.25, 0.3) is 0 Å². The van der Waals surface area contributed by atoms with E-state index in [-0.39, 0.29) is 10.8 Å². The van der Waals surface area contributed by atoms with Crippen LogP contribution in [0.2, 0.25) is 0 Å². The molecular weight excluding hydrogens is 324 g/mol. The predicted molar refractivity (Wildman–Crippen MR) is 106 cm³/mol. The van der Waals surface area contributed by atoms with E-state index >= 15 is 0 Å². The number of hydrazone groups is 2. The number of allylic oxidation sites excluding steroid dienone is 2. The van der Waals surface area contributed by atoms with Gasteiger partial charge in [0.25, 0.3) is 0 Å². The highest BCUT2D eigenvalue weighted by atomic mass is 16.3. The van der Waals surface area contributed by atoms with Crippen molar-refractivity contribution in [1.82, 2.24) is 0 Å². The first-order valence-electron chi connectivity index (χ1n) is 10.3. The minimum Gasteiger partial charge on any atom is -0.383 e. The Kier molecular flexibility index (Phi) is 4.03. The third kappa shape index (κ3) is 2.12. The van der Waals surface area contributed by atoms with Gasteiger partial charge in [-0.15, -0.1) is 0 Å². The number of fused-ring (bicyclic) bond motifs is 5. The molecule has 0 bridgehead atoms. The Balaban J connectivity index is 1.68. The summed E-state index contributed by atoms with van der Waals surface area (Å²) in [7, 11) is 0. The van der Waals surface area contributed by atoms with E-state index < -0.39 is 5.60 Å².